The van der Waals surface area contributed by atoms with Crippen molar-refractivity contribution in [2.24, 2.45) is 79.8 Å². The van der Waals surface area contributed by atoms with Gasteiger partial charge in [-0.05, 0) is 144 Å². The van der Waals surface area contributed by atoms with Crippen LogP contribution < -0.4 is 0 Å². The third-order valence-corrected chi connectivity index (χ3v) is 15.2. The van der Waals surface area contributed by atoms with Gasteiger partial charge in [0, 0.05) is 0 Å². The van der Waals surface area contributed by atoms with E-state index < -0.39 is 0 Å². The van der Waals surface area contributed by atoms with E-state index in [1.807, 2.05) is 0 Å². The topological polar surface area (TPSA) is 0 Å². The maximum atomic E-state index is 2.74. The summed E-state index contributed by atoms with van der Waals surface area (Å²) in [6, 6.07) is 0. The van der Waals surface area contributed by atoms with E-state index in [9.17, 15) is 0 Å². The fourth-order valence-electron chi connectivity index (χ4n) is 14.4. The summed E-state index contributed by atoms with van der Waals surface area (Å²) in [6.45, 7) is 15.7. The van der Waals surface area contributed by atoms with Crippen LogP contribution in [0.5, 0.6) is 0 Å². The predicted octanol–water partition coefficient (Wildman–Crippen LogP) is 8.35. The summed E-state index contributed by atoms with van der Waals surface area (Å²) in [5, 5.41) is 0. The summed E-state index contributed by atoms with van der Waals surface area (Å²) in [7, 11) is 0. The smallest absolute Gasteiger partial charge is 0.0164 e. The van der Waals surface area contributed by atoms with Crippen molar-refractivity contribution in [3.63, 3.8) is 0 Å². The Kier molecular flexibility index (Phi) is 3.12. The highest BCUT2D eigenvalue weighted by molar-refractivity contribution is 5.49. The molecular weight excluding hydrogens is 372 g/mol. The van der Waals surface area contributed by atoms with Crippen LogP contribution in [0.4, 0.5) is 0 Å². The number of hydrogen-bond donors (Lipinski definition) is 0. The molecule has 0 saturated heterocycles. The van der Waals surface area contributed by atoms with Crippen LogP contribution in [-0.4, -0.2) is 0 Å². The summed E-state index contributed by atoms with van der Waals surface area (Å²) >= 11 is 0. The number of hydrogen-bond acceptors (Lipinski definition) is 0. The van der Waals surface area contributed by atoms with Crippen LogP contribution in [0.25, 0.3) is 0 Å². The van der Waals surface area contributed by atoms with E-state index in [1.54, 1.807) is 64.2 Å². The molecule has 0 aromatic rings. The van der Waals surface area contributed by atoms with Crippen molar-refractivity contribution in [3.8, 4) is 0 Å². The normalized spacial score (nSPS) is 65.5. The zero-order valence-electron chi connectivity index (χ0n) is 21.4. The minimum atomic E-state index is 0.741. The summed E-state index contributed by atoms with van der Waals surface area (Å²) in [4.78, 5) is 0. The molecule has 0 bridgehead atoms. The molecule has 0 aliphatic heterocycles. The molecule has 0 nitrogen and oxygen atoms in total. The summed E-state index contributed by atoms with van der Waals surface area (Å²) in [5.74, 6) is 8.47. The van der Waals surface area contributed by atoms with Crippen molar-refractivity contribution in [2.45, 2.75) is 112 Å². The molecule has 8 saturated carbocycles. The average Bonchev–Trinajstić information content (AvgIpc) is 3.56. The molecule has 12 unspecified atom stereocenters. The Labute approximate surface area is 192 Å². The molecule has 4 spiro atoms. The van der Waals surface area contributed by atoms with Gasteiger partial charge >= 0.3 is 0 Å². The first-order chi connectivity index (χ1) is 14.7. The zero-order valence-corrected chi connectivity index (χ0v) is 21.4. The van der Waals surface area contributed by atoms with Crippen LogP contribution >= 0.6 is 0 Å². The van der Waals surface area contributed by atoms with Gasteiger partial charge in [0.25, 0.3) is 0 Å². The van der Waals surface area contributed by atoms with E-state index in [4.69, 9.17) is 0 Å². The largest absolute Gasteiger partial charge is 0.0648 e. The maximum absolute atomic E-state index is 2.74. The van der Waals surface area contributed by atoms with Gasteiger partial charge in [-0.1, -0.05) is 48.0 Å². The maximum Gasteiger partial charge on any atom is -0.0164 e. The highest BCUT2D eigenvalue weighted by atomic mass is 15.1. The Morgan fingerprint density at radius 1 is 0.903 bits per heavy atom. The molecule has 12 atom stereocenters. The molecule has 0 heterocycles. The second kappa shape index (κ2) is 5.00. The van der Waals surface area contributed by atoms with E-state index in [1.165, 1.54) is 12.3 Å². The molecule has 172 valence electrons. The molecular formula is C31H48. The first kappa shape index (κ1) is 19.3. The second-order valence-electron chi connectivity index (χ2n) is 16.0. The Morgan fingerprint density at radius 2 is 1.68 bits per heavy atom. The molecule has 0 radical (unpaired) electrons. The van der Waals surface area contributed by atoms with Gasteiger partial charge < -0.3 is 0 Å². The van der Waals surface area contributed by atoms with Crippen LogP contribution in [0.3, 0.4) is 0 Å². The molecule has 0 amide bonds. The quantitative estimate of drug-likeness (QED) is 0.405. The van der Waals surface area contributed by atoms with Gasteiger partial charge in [0.2, 0.25) is 0 Å². The first-order valence-corrected chi connectivity index (χ1v) is 14.7. The van der Waals surface area contributed by atoms with Crippen LogP contribution in [-0.2, 0) is 0 Å². The Balaban J connectivity index is 1.24. The van der Waals surface area contributed by atoms with Gasteiger partial charge in [-0.3, -0.25) is 0 Å². The van der Waals surface area contributed by atoms with Crippen molar-refractivity contribution < 1.29 is 0 Å². The van der Waals surface area contributed by atoms with Crippen LogP contribution in [0.1, 0.15) is 112 Å². The van der Waals surface area contributed by atoms with Crippen LogP contribution in [0.15, 0.2) is 0 Å². The standard InChI is InChI=1S/C31H48/c1-7-26(8-9-26)20(5)10-22-11-21(6)27(12-18(2)3)15-30-16-28(30)14-23-19(4)13-29(24(23)28)17-31(22,29)25(27)30/h18-25H,7-17H2,1-6H3. The SMILES string of the molecule is CCC1(C(C)CC2CC(C)C3(CC(C)C)CC45CC46CC4C(C)CC7(CC27C35)C46)CC1. The van der Waals surface area contributed by atoms with Gasteiger partial charge in [0.1, 0.15) is 0 Å². The molecule has 8 rings (SSSR count). The highest BCUT2D eigenvalue weighted by Crippen LogP contribution is 3.08. The molecule has 8 fully saturated rings. The van der Waals surface area contributed by atoms with Gasteiger partial charge in [-0.15, -0.1) is 0 Å². The lowest BCUT2D eigenvalue weighted by atomic mass is 9.29. The fourth-order valence-corrected chi connectivity index (χ4v) is 14.4. The van der Waals surface area contributed by atoms with E-state index in [-0.39, 0.29) is 0 Å². The third-order valence-electron chi connectivity index (χ3n) is 15.2. The molecule has 0 N–H and O–H groups in total. The van der Waals surface area contributed by atoms with Crippen molar-refractivity contribution in [3.05, 3.63) is 0 Å². The minimum absolute atomic E-state index is 0.741. The van der Waals surface area contributed by atoms with Crippen molar-refractivity contribution >= 4 is 0 Å². The highest BCUT2D eigenvalue weighted by Gasteiger charge is 3.02. The molecule has 8 aliphatic rings. The Hall–Kier alpha value is 0. The van der Waals surface area contributed by atoms with Crippen LogP contribution in [0.2, 0.25) is 0 Å². The minimum Gasteiger partial charge on any atom is -0.0648 e. The molecule has 0 heteroatoms. The van der Waals surface area contributed by atoms with E-state index in [2.05, 4.69) is 41.5 Å². The second-order valence-corrected chi connectivity index (χ2v) is 16.0. The zero-order chi connectivity index (χ0) is 21.4. The van der Waals surface area contributed by atoms with Crippen molar-refractivity contribution in [1.29, 1.82) is 0 Å². The van der Waals surface area contributed by atoms with Crippen LogP contribution in [0, 0.1) is 79.8 Å². The molecule has 31 heavy (non-hydrogen) atoms. The fraction of sp³-hybridized carbons (Fsp3) is 1.00. The Morgan fingerprint density at radius 3 is 2.35 bits per heavy atom. The number of rotatable bonds is 6. The lowest BCUT2D eigenvalue weighted by molar-refractivity contribution is -0.273. The molecule has 8 aliphatic carbocycles. The van der Waals surface area contributed by atoms with E-state index in [0.29, 0.717) is 0 Å². The molecule has 0 aromatic carbocycles. The predicted molar refractivity (Wildman–Crippen MR) is 127 cm³/mol. The van der Waals surface area contributed by atoms with Crippen molar-refractivity contribution in [2.75, 3.05) is 0 Å². The van der Waals surface area contributed by atoms with Crippen molar-refractivity contribution in [1.82, 2.24) is 0 Å². The third kappa shape index (κ3) is 1.66. The average molecular weight is 421 g/mol. The van der Waals surface area contributed by atoms with Gasteiger partial charge in [0.05, 0.1) is 0 Å². The first-order valence-electron chi connectivity index (χ1n) is 14.7. The summed E-state index contributed by atoms with van der Waals surface area (Å²) < 4.78 is 0. The summed E-state index contributed by atoms with van der Waals surface area (Å²) in [5.41, 5.74) is 4.86. The summed E-state index contributed by atoms with van der Waals surface area (Å²) in [6.07, 6.45) is 17.7. The monoisotopic (exact) mass is 420 g/mol. The van der Waals surface area contributed by atoms with Gasteiger partial charge in [-0.2, -0.15) is 0 Å². The van der Waals surface area contributed by atoms with Gasteiger partial charge in [0.15, 0.2) is 0 Å². The van der Waals surface area contributed by atoms with E-state index in [0.717, 1.165) is 73.9 Å². The Bertz CT molecular complexity index is 865. The lowest BCUT2D eigenvalue weighted by Crippen LogP contribution is -2.69. The molecule has 0 aromatic heterocycles. The van der Waals surface area contributed by atoms with Gasteiger partial charge in [-0.25, -0.2) is 0 Å². The lowest BCUT2D eigenvalue weighted by Gasteiger charge is -2.75. The van der Waals surface area contributed by atoms with E-state index >= 15 is 0 Å².